The molecular formula is C21H30N2O4. The van der Waals surface area contributed by atoms with E-state index in [-0.39, 0.29) is 30.9 Å². The van der Waals surface area contributed by atoms with Gasteiger partial charge in [0.2, 0.25) is 0 Å². The molecule has 0 aromatic heterocycles. The predicted octanol–water partition coefficient (Wildman–Crippen LogP) is 2.92. The highest BCUT2D eigenvalue weighted by atomic mass is 16.6. The molecule has 1 aromatic rings. The fourth-order valence-corrected chi connectivity index (χ4v) is 4.76. The molecule has 3 fully saturated rings. The van der Waals surface area contributed by atoms with E-state index >= 15 is 0 Å². The van der Waals surface area contributed by atoms with E-state index in [4.69, 9.17) is 14.2 Å². The number of hydrogen-bond acceptors (Lipinski definition) is 5. The van der Waals surface area contributed by atoms with E-state index in [1.807, 2.05) is 30.3 Å². The molecule has 1 amide bonds. The van der Waals surface area contributed by atoms with Crippen molar-refractivity contribution in [3.05, 3.63) is 35.9 Å². The monoisotopic (exact) mass is 374 g/mol. The second-order valence-corrected chi connectivity index (χ2v) is 7.87. The number of fused-ring (bicyclic) bond motifs is 2. The van der Waals surface area contributed by atoms with Gasteiger partial charge in [0.05, 0.1) is 12.6 Å². The van der Waals surface area contributed by atoms with Crippen molar-refractivity contribution in [3.8, 4) is 0 Å². The Bertz CT molecular complexity index is 620. The lowest BCUT2D eigenvalue weighted by Gasteiger charge is -2.51. The topological polar surface area (TPSA) is 60.0 Å². The van der Waals surface area contributed by atoms with Gasteiger partial charge in [0.15, 0.2) is 6.23 Å². The lowest BCUT2D eigenvalue weighted by atomic mass is 9.80. The third-order valence-electron chi connectivity index (χ3n) is 6.11. The molecule has 0 radical (unpaired) electrons. The Morgan fingerprint density at radius 3 is 2.74 bits per heavy atom. The molecule has 4 atom stereocenters. The minimum Gasteiger partial charge on any atom is -0.444 e. The van der Waals surface area contributed by atoms with Gasteiger partial charge in [-0.05, 0) is 24.3 Å². The van der Waals surface area contributed by atoms with Crippen LogP contribution in [0.4, 0.5) is 4.79 Å². The molecule has 0 spiro atoms. The van der Waals surface area contributed by atoms with Crippen LogP contribution in [0.25, 0.3) is 0 Å². The van der Waals surface area contributed by atoms with E-state index in [0.29, 0.717) is 12.5 Å². The Morgan fingerprint density at radius 2 is 2.00 bits per heavy atom. The van der Waals surface area contributed by atoms with E-state index in [1.165, 1.54) is 32.1 Å². The van der Waals surface area contributed by atoms with Crippen molar-refractivity contribution in [2.24, 2.45) is 5.92 Å². The van der Waals surface area contributed by atoms with E-state index in [1.54, 1.807) is 12.0 Å². The number of nitrogens with one attached hydrogen (secondary N) is 1. The first-order valence-electron chi connectivity index (χ1n) is 10.1. The zero-order valence-electron chi connectivity index (χ0n) is 16.0. The number of benzene rings is 1. The van der Waals surface area contributed by atoms with E-state index in [9.17, 15) is 4.79 Å². The van der Waals surface area contributed by atoms with Crippen LogP contribution in [0.2, 0.25) is 0 Å². The number of carbonyl (C=O) groups excluding carboxylic acids is 1. The Kier molecular flexibility index (Phi) is 5.95. The Hall–Kier alpha value is -1.63. The summed E-state index contributed by atoms with van der Waals surface area (Å²) in [7, 11) is 1.65. The summed E-state index contributed by atoms with van der Waals surface area (Å²) in [6.07, 6.45) is 5.42. The summed E-state index contributed by atoms with van der Waals surface area (Å²) in [5.41, 5.74) is 0.981. The van der Waals surface area contributed by atoms with Gasteiger partial charge in [-0.25, -0.2) is 4.79 Å². The molecule has 1 saturated carbocycles. The first kappa shape index (κ1) is 18.7. The van der Waals surface area contributed by atoms with Crippen LogP contribution in [-0.4, -0.2) is 55.7 Å². The minimum absolute atomic E-state index is 0.00878. The first-order chi connectivity index (χ1) is 13.3. The van der Waals surface area contributed by atoms with Crippen LogP contribution < -0.4 is 5.32 Å². The fraction of sp³-hybridized carbons (Fsp3) is 0.667. The van der Waals surface area contributed by atoms with E-state index < -0.39 is 6.23 Å². The second-order valence-electron chi connectivity index (χ2n) is 7.87. The molecule has 1 aliphatic carbocycles. The molecule has 6 heteroatoms. The van der Waals surface area contributed by atoms with Crippen molar-refractivity contribution in [3.63, 3.8) is 0 Å². The molecular weight excluding hydrogens is 344 g/mol. The van der Waals surface area contributed by atoms with E-state index in [0.717, 1.165) is 12.1 Å². The van der Waals surface area contributed by atoms with Crippen LogP contribution in [0.15, 0.2) is 30.3 Å². The summed E-state index contributed by atoms with van der Waals surface area (Å²) in [5, 5.41) is 3.69. The highest BCUT2D eigenvalue weighted by Crippen LogP contribution is 2.34. The number of ether oxygens (including phenoxy) is 3. The normalized spacial score (nSPS) is 31.5. The predicted molar refractivity (Wildman–Crippen MR) is 101 cm³/mol. The molecule has 2 aliphatic heterocycles. The number of methoxy groups -OCH3 is 1. The summed E-state index contributed by atoms with van der Waals surface area (Å²) >= 11 is 0. The van der Waals surface area contributed by atoms with Gasteiger partial charge in [0.25, 0.3) is 0 Å². The van der Waals surface area contributed by atoms with Gasteiger partial charge in [-0.3, -0.25) is 4.90 Å². The molecule has 2 heterocycles. The fourth-order valence-electron chi connectivity index (χ4n) is 4.76. The van der Waals surface area contributed by atoms with Crippen LogP contribution in [0.1, 0.15) is 37.7 Å². The largest absolute Gasteiger partial charge is 0.444 e. The third kappa shape index (κ3) is 4.13. The number of nitrogens with zero attached hydrogens (tertiary/aromatic N) is 1. The summed E-state index contributed by atoms with van der Waals surface area (Å²) in [6, 6.07) is 9.99. The number of carbonyl (C=O) groups is 1. The highest BCUT2D eigenvalue weighted by molar-refractivity contribution is 5.68. The standard InChI is InChI=1S/C21H30N2O4/c1-25-20-19-18(16-10-6-3-7-11-16)22-12-17(27-19)13-23(20)21(24)26-14-15-8-4-2-5-9-15/h2,4-5,8-9,16-20,22H,3,6-7,10-14H2,1H3/t17?,18-,19?,20-/m1/s1. The van der Waals surface area contributed by atoms with Gasteiger partial charge >= 0.3 is 6.09 Å². The van der Waals surface area contributed by atoms with Gasteiger partial charge in [-0.15, -0.1) is 0 Å². The molecule has 27 heavy (non-hydrogen) atoms. The second kappa shape index (κ2) is 8.59. The lowest BCUT2D eigenvalue weighted by Crippen LogP contribution is -2.70. The van der Waals surface area contributed by atoms with Crippen LogP contribution in [0, 0.1) is 5.92 Å². The summed E-state index contributed by atoms with van der Waals surface area (Å²) < 4.78 is 17.6. The maximum absolute atomic E-state index is 12.8. The third-order valence-corrected chi connectivity index (χ3v) is 6.11. The average Bonchev–Trinajstić information content (AvgIpc) is 2.73. The highest BCUT2D eigenvalue weighted by Gasteiger charge is 2.49. The van der Waals surface area contributed by atoms with Gasteiger partial charge in [-0.1, -0.05) is 49.6 Å². The quantitative estimate of drug-likeness (QED) is 0.878. The number of morpholine rings is 2. The summed E-state index contributed by atoms with van der Waals surface area (Å²) in [4.78, 5) is 14.5. The molecule has 6 nitrogen and oxygen atoms in total. The first-order valence-corrected chi connectivity index (χ1v) is 10.1. The molecule has 2 saturated heterocycles. The van der Waals surface area contributed by atoms with E-state index in [2.05, 4.69) is 5.32 Å². The summed E-state index contributed by atoms with van der Waals surface area (Å²) in [5.74, 6) is 0.586. The Labute approximate surface area is 161 Å². The van der Waals surface area contributed by atoms with Gasteiger partial charge in [0, 0.05) is 19.7 Å². The molecule has 1 N–H and O–H groups in total. The van der Waals surface area contributed by atoms with Crippen molar-refractivity contribution < 1.29 is 19.0 Å². The lowest BCUT2D eigenvalue weighted by molar-refractivity contribution is -0.219. The smallest absolute Gasteiger partial charge is 0.412 e. The van der Waals surface area contributed by atoms with Gasteiger partial charge in [0.1, 0.15) is 12.7 Å². The zero-order valence-corrected chi connectivity index (χ0v) is 16.0. The minimum atomic E-state index is -0.413. The SMILES string of the molecule is CO[C@@H]1C2OC(CN[C@@H]2C2CCCCC2)CN1C(=O)OCc1ccccc1. The van der Waals surface area contributed by atoms with Crippen LogP contribution in [0.5, 0.6) is 0 Å². The zero-order chi connectivity index (χ0) is 18.6. The van der Waals surface area contributed by atoms with Crippen LogP contribution in [0.3, 0.4) is 0 Å². The molecule has 3 aliphatic rings. The Balaban J connectivity index is 1.44. The van der Waals surface area contributed by atoms with Crippen molar-refractivity contribution in [1.29, 1.82) is 0 Å². The summed E-state index contributed by atoms with van der Waals surface area (Å²) in [6.45, 7) is 1.54. The van der Waals surface area contributed by atoms with Crippen LogP contribution in [-0.2, 0) is 20.8 Å². The van der Waals surface area contributed by atoms with Crippen LogP contribution >= 0.6 is 0 Å². The molecule has 1 aromatic carbocycles. The molecule has 2 unspecified atom stereocenters. The van der Waals surface area contributed by atoms with Gasteiger partial charge in [-0.2, -0.15) is 0 Å². The van der Waals surface area contributed by atoms with Crippen molar-refractivity contribution in [1.82, 2.24) is 10.2 Å². The van der Waals surface area contributed by atoms with Gasteiger partial charge < -0.3 is 19.5 Å². The molecule has 2 bridgehead atoms. The number of rotatable bonds is 4. The molecule has 148 valence electrons. The van der Waals surface area contributed by atoms with Crippen molar-refractivity contribution >= 4 is 6.09 Å². The maximum Gasteiger partial charge on any atom is 0.412 e. The van der Waals surface area contributed by atoms with Crippen molar-refractivity contribution in [2.75, 3.05) is 20.2 Å². The van der Waals surface area contributed by atoms with Crippen molar-refractivity contribution in [2.45, 2.75) is 63.2 Å². The number of amides is 1. The number of hydrogen-bond donors (Lipinski definition) is 1. The average molecular weight is 374 g/mol. The maximum atomic E-state index is 12.8. The molecule has 4 rings (SSSR count). The Morgan fingerprint density at radius 1 is 1.22 bits per heavy atom.